The fraction of sp³-hybridized carbons (Fsp3) is 0.290. The van der Waals surface area contributed by atoms with Crippen molar-refractivity contribution in [2.45, 2.75) is 116 Å². The predicted octanol–water partition coefficient (Wildman–Crippen LogP) is 17.7. The zero-order chi connectivity index (χ0) is 43.9. The average Bonchev–Trinajstić information content (AvgIpc) is 3.87. The first kappa shape index (κ1) is 39.5. The van der Waals surface area contributed by atoms with Crippen LogP contribution in [0, 0.1) is 0 Å². The Morgan fingerprint density at radius 2 is 0.891 bits per heavy atom. The van der Waals surface area contributed by atoms with Gasteiger partial charge in [0.15, 0.2) is 0 Å². The summed E-state index contributed by atoms with van der Waals surface area (Å²) in [6, 6.07) is 55.7. The van der Waals surface area contributed by atoms with Gasteiger partial charge in [0, 0.05) is 27.8 Å². The van der Waals surface area contributed by atoms with Gasteiger partial charge in [-0.25, -0.2) is 0 Å². The molecular formula is C62H60N2. The molecule has 0 N–H and O–H groups in total. The fourth-order valence-corrected chi connectivity index (χ4v) is 13.8. The van der Waals surface area contributed by atoms with Gasteiger partial charge in [-0.2, -0.15) is 0 Å². The summed E-state index contributed by atoms with van der Waals surface area (Å²) in [4.78, 5) is 2.69. The van der Waals surface area contributed by atoms with Crippen molar-refractivity contribution in [1.29, 1.82) is 0 Å². The lowest BCUT2D eigenvalue weighted by Gasteiger charge is -2.37. The van der Waals surface area contributed by atoms with E-state index in [1.807, 2.05) is 0 Å². The van der Waals surface area contributed by atoms with Crippen molar-refractivity contribution in [3.63, 3.8) is 0 Å². The highest BCUT2D eigenvalue weighted by molar-refractivity contribution is 6.13. The summed E-state index contributed by atoms with van der Waals surface area (Å²) in [7, 11) is 0. The molecule has 0 fully saturated rings. The molecule has 64 heavy (non-hydrogen) atoms. The van der Waals surface area contributed by atoms with E-state index in [2.05, 4.69) is 210 Å². The third-order valence-electron chi connectivity index (χ3n) is 16.9. The number of para-hydroxylation sites is 3. The maximum Gasteiger partial charge on any atom is 0.0542 e. The Labute approximate surface area is 379 Å². The molecule has 2 nitrogen and oxygen atoms in total. The monoisotopic (exact) mass is 832 g/mol. The van der Waals surface area contributed by atoms with Crippen LogP contribution in [0.4, 0.5) is 17.1 Å². The lowest BCUT2D eigenvalue weighted by molar-refractivity contribution is 0.322. The molecule has 0 bridgehead atoms. The lowest BCUT2D eigenvalue weighted by Crippen LogP contribution is -2.26. The Kier molecular flexibility index (Phi) is 8.45. The Morgan fingerprint density at radius 1 is 0.438 bits per heavy atom. The van der Waals surface area contributed by atoms with Crippen LogP contribution < -0.4 is 4.90 Å². The van der Waals surface area contributed by atoms with Gasteiger partial charge >= 0.3 is 0 Å². The molecule has 3 aliphatic rings. The first-order chi connectivity index (χ1) is 30.9. The molecule has 0 spiro atoms. The van der Waals surface area contributed by atoms with Crippen molar-refractivity contribution in [3.05, 3.63) is 168 Å². The van der Waals surface area contributed by atoms with Gasteiger partial charge in [0.2, 0.25) is 0 Å². The van der Waals surface area contributed by atoms with Gasteiger partial charge in [-0.05, 0) is 199 Å². The van der Waals surface area contributed by atoms with Crippen LogP contribution in [-0.2, 0) is 21.7 Å². The second-order valence-corrected chi connectivity index (χ2v) is 21.1. The van der Waals surface area contributed by atoms with Crippen molar-refractivity contribution in [2.75, 3.05) is 4.90 Å². The van der Waals surface area contributed by atoms with Gasteiger partial charge in [0.25, 0.3) is 0 Å². The summed E-state index contributed by atoms with van der Waals surface area (Å²) >= 11 is 0. The molecule has 8 aromatic carbocycles. The Balaban J connectivity index is 1.04. The van der Waals surface area contributed by atoms with Crippen LogP contribution in [0.15, 0.2) is 146 Å². The molecule has 1 aromatic heterocycles. The molecule has 318 valence electrons. The number of aromatic nitrogens is 1. The summed E-state index contributed by atoms with van der Waals surface area (Å²) in [6.07, 6.45) is 7.03. The minimum Gasteiger partial charge on any atom is -0.310 e. The van der Waals surface area contributed by atoms with E-state index in [1.165, 1.54) is 101 Å². The number of hydrogen-bond donors (Lipinski definition) is 0. The largest absolute Gasteiger partial charge is 0.310 e. The van der Waals surface area contributed by atoms with Crippen LogP contribution in [0.3, 0.4) is 0 Å². The van der Waals surface area contributed by atoms with Gasteiger partial charge in [-0.3, -0.25) is 0 Å². The number of fused-ring (bicyclic) bond motifs is 11. The quantitative estimate of drug-likeness (QED) is 0.148. The smallest absolute Gasteiger partial charge is 0.0542 e. The molecule has 0 atom stereocenters. The summed E-state index contributed by atoms with van der Waals surface area (Å²) < 4.78 is 2.43. The second-order valence-electron chi connectivity index (χ2n) is 21.1. The molecule has 1 heterocycles. The maximum absolute atomic E-state index is 2.76. The van der Waals surface area contributed by atoms with Gasteiger partial charge < -0.3 is 9.47 Å². The van der Waals surface area contributed by atoms with E-state index in [0.29, 0.717) is 0 Å². The van der Waals surface area contributed by atoms with E-state index in [9.17, 15) is 0 Å². The molecule has 0 amide bonds. The van der Waals surface area contributed by atoms with E-state index in [-0.39, 0.29) is 21.7 Å². The zero-order valence-corrected chi connectivity index (χ0v) is 39.0. The predicted molar refractivity (Wildman–Crippen MR) is 275 cm³/mol. The molecule has 9 aromatic rings. The Bertz CT molecular complexity index is 3280. The molecular weight excluding hydrogens is 773 g/mol. The van der Waals surface area contributed by atoms with E-state index in [4.69, 9.17) is 0 Å². The molecule has 0 saturated carbocycles. The standard InChI is InChI=1S/C62H60N2/c1-9-61(10-2)37-59(5,6)56-52(61)36-53-57(60(7,8)38-62(53,11-3)12-4)58(56)63(43-20-14-13-15-21-43)44-28-26-39-32-48-49-33-40-27-29-45(31-42(40)35-51(49)50(48)34-41(39)30-44)64-54-24-18-16-22-46(54)47-23-17-19-25-55(47)64/h13-36H,9-12,37-38H2,1-8H3. The number of nitrogens with zero attached hydrogens (tertiary/aromatic N) is 2. The highest BCUT2D eigenvalue weighted by Crippen LogP contribution is 2.65. The lowest BCUT2D eigenvalue weighted by atomic mass is 9.72. The summed E-state index contributed by atoms with van der Waals surface area (Å²) in [6.45, 7) is 19.9. The third-order valence-corrected chi connectivity index (χ3v) is 16.9. The van der Waals surface area contributed by atoms with Crippen molar-refractivity contribution in [1.82, 2.24) is 4.57 Å². The minimum atomic E-state index is 0.0200. The van der Waals surface area contributed by atoms with Gasteiger partial charge in [-0.1, -0.05) is 128 Å². The SMILES string of the molecule is CCC1(CC)CC(C)(C)c2c1cc1c(c2N(c2ccccc2)c2ccc3cc4c(cc3c2)-c2cc3cc(-n5c6ccccc6c6ccccc65)ccc3cc2-4)C(C)(C)CC1(CC)CC. The Morgan fingerprint density at radius 3 is 1.41 bits per heavy atom. The fourth-order valence-electron chi connectivity index (χ4n) is 13.8. The van der Waals surface area contributed by atoms with E-state index >= 15 is 0 Å². The number of anilines is 3. The van der Waals surface area contributed by atoms with Crippen molar-refractivity contribution in [3.8, 4) is 27.9 Å². The summed E-state index contributed by atoms with van der Waals surface area (Å²) in [5, 5.41) is 7.72. The normalized spacial score (nSPS) is 17.1. The van der Waals surface area contributed by atoms with Crippen LogP contribution in [0.25, 0.3) is 71.3 Å². The van der Waals surface area contributed by atoms with Crippen LogP contribution >= 0.6 is 0 Å². The number of hydrogen-bond acceptors (Lipinski definition) is 1. The molecule has 0 radical (unpaired) electrons. The molecule has 0 unspecified atom stereocenters. The first-order valence-corrected chi connectivity index (χ1v) is 24.2. The van der Waals surface area contributed by atoms with Crippen LogP contribution in [0.5, 0.6) is 0 Å². The maximum atomic E-state index is 2.76. The Hall–Kier alpha value is -6.12. The molecule has 0 saturated heterocycles. The van der Waals surface area contributed by atoms with Crippen molar-refractivity contribution < 1.29 is 0 Å². The minimum absolute atomic E-state index is 0.0200. The third kappa shape index (κ3) is 5.32. The topological polar surface area (TPSA) is 8.17 Å². The van der Waals surface area contributed by atoms with Crippen LogP contribution in [0.1, 0.15) is 116 Å². The van der Waals surface area contributed by atoms with Gasteiger partial charge in [-0.15, -0.1) is 0 Å². The number of benzene rings is 8. The van der Waals surface area contributed by atoms with E-state index in [1.54, 1.807) is 22.3 Å². The van der Waals surface area contributed by atoms with E-state index < -0.39 is 0 Å². The second kappa shape index (κ2) is 13.7. The zero-order valence-electron chi connectivity index (χ0n) is 39.0. The summed E-state index contributed by atoms with van der Waals surface area (Å²) in [5.41, 5.74) is 19.8. The van der Waals surface area contributed by atoms with Crippen molar-refractivity contribution in [2.24, 2.45) is 0 Å². The van der Waals surface area contributed by atoms with Crippen LogP contribution in [-0.4, -0.2) is 4.57 Å². The summed E-state index contributed by atoms with van der Waals surface area (Å²) in [5.74, 6) is 0. The highest BCUT2D eigenvalue weighted by atomic mass is 15.2. The van der Waals surface area contributed by atoms with Gasteiger partial charge in [0.1, 0.15) is 0 Å². The molecule has 3 aliphatic carbocycles. The molecule has 2 heteroatoms. The van der Waals surface area contributed by atoms with Crippen LogP contribution in [0.2, 0.25) is 0 Å². The molecule has 0 aliphatic heterocycles. The van der Waals surface area contributed by atoms with Gasteiger partial charge in [0.05, 0.1) is 16.7 Å². The molecule has 12 rings (SSSR count). The highest BCUT2D eigenvalue weighted by Gasteiger charge is 2.54. The van der Waals surface area contributed by atoms with E-state index in [0.717, 1.165) is 25.7 Å². The first-order valence-electron chi connectivity index (χ1n) is 24.2. The number of rotatable bonds is 8. The van der Waals surface area contributed by atoms with Crippen molar-refractivity contribution >= 4 is 60.4 Å². The average molecular weight is 833 g/mol.